The molecular formula is C13H12N6. The Morgan fingerprint density at radius 2 is 2.26 bits per heavy atom. The standard InChI is InChI=1S/C13H12N6/c1-2-4-19-5-3-10-6-11(9-16-13(10)19)17-18-12(7-14)8-15/h3,5-6,9,17H,2,4H2,1H3. The summed E-state index contributed by atoms with van der Waals surface area (Å²) in [5.41, 5.74) is 3.99. The van der Waals surface area contributed by atoms with E-state index in [-0.39, 0.29) is 5.71 Å². The van der Waals surface area contributed by atoms with Gasteiger partial charge in [-0.2, -0.15) is 15.6 Å². The Hall–Kier alpha value is -2.86. The van der Waals surface area contributed by atoms with Crippen molar-refractivity contribution in [3.05, 3.63) is 24.5 Å². The van der Waals surface area contributed by atoms with Crippen molar-refractivity contribution in [1.29, 1.82) is 10.5 Å². The van der Waals surface area contributed by atoms with Gasteiger partial charge in [-0.15, -0.1) is 0 Å². The van der Waals surface area contributed by atoms with Gasteiger partial charge in [-0.25, -0.2) is 4.98 Å². The highest BCUT2D eigenvalue weighted by Crippen LogP contribution is 2.18. The third-order valence-corrected chi connectivity index (χ3v) is 2.57. The molecule has 0 amide bonds. The van der Waals surface area contributed by atoms with E-state index >= 15 is 0 Å². The van der Waals surface area contributed by atoms with Gasteiger partial charge in [0, 0.05) is 18.1 Å². The molecule has 0 radical (unpaired) electrons. The van der Waals surface area contributed by atoms with E-state index in [1.54, 1.807) is 18.3 Å². The SMILES string of the molecule is CCCn1ccc2cc(NN=C(C#N)C#N)cnc21. The van der Waals surface area contributed by atoms with E-state index in [4.69, 9.17) is 10.5 Å². The van der Waals surface area contributed by atoms with Crippen molar-refractivity contribution in [2.75, 3.05) is 5.43 Å². The number of aryl methyl sites for hydroxylation is 1. The van der Waals surface area contributed by atoms with Crippen LogP contribution in [0.15, 0.2) is 29.6 Å². The van der Waals surface area contributed by atoms with Crippen LogP contribution in [0.3, 0.4) is 0 Å². The number of rotatable bonds is 4. The van der Waals surface area contributed by atoms with Crippen molar-refractivity contribution in [3.63, 3.8) is 0 Å². The predicted molar refractivity (Wildman–Crippen MR) is 72.3 cm³/mol. The van der Waals surface area contributed by atoms with E-state index in [1.165, 1.54) is 0 Å². The number of aromatic nitrogens is 2. The van der Waals surface area contributed by atoms with Gasteiger partial charge in [0.05, 0.1) is 11.9 Å². The number of nitrogens with zero attached hydrogens (tertiary/aromatic N) is 5. The molecule has 19 heavy (non-hydrogen) atoms. The van der Waals surface area contributed by atoms with Crippen molar-refractivity contribution in [3.8, 4) is 12.1 Å². The molecule has 0 aliphatic heterocycles. The molecule has 0 saturated carbocycles. The summed E-state index contributed by atoms with van der Waals surface area (Å²) >= 11 is 0. The Kier molecular flexibility index (Phi) is 3.75. The zero-order valence-corrected chi connectivity index (χ0v) is 10.5. The van der Waals surface area contributed by atoms with Crippen molar-refractivity contribution in [2.45, 2.75) is 19.9 Å². The molecular weight excluding hydrogens is 240 g/mol. The molecule has 2 heterocycles. The second kappa shape index (κ2) is 5.65. The third-order valence-electron chi connectivity index (χ3n) is 2.57. The summed E-state index contributed by atoms with van der Waals surface area (Å²) in [6, 6.07) is 7.22. The first kappa shape index (κ1) is 12.6. The Morgan fingerprint density at radius 1 is 1.47 bits per heavy atom. The number of hydrazone groups is 1. The van der Waals surface area contributed by atoms with Gasteiger partial charge >= 0.3 is 0 Å². The number of anilines is 1. The van der Waals surface area contributed by atoms with Gasteiger partial charge in [-0.3, -0.25) is 5.43 Å². The molecule has 0 aliphatic carbocycles. The highest BCUT2D eigenvalue weighted by molar-refractivity contribution is 6.10. The molecule has 0 fully saturated rings. The Labute approximate surface area is 110 Å². The Balaban J connectivity index is 2.26. The molecule has 6 heteroatoms. The van der Waals surface area contributed by atoms with E-state index < -0.39 is 0 Å². The molecule has 0 spiro atoms. The van der Waals surface area contributed by atoms with Crippen LogP contribution in [0.4, 0.5) is 5.69 Å². The van der Waals surface area contributed by atoms with Crippen LogP contribution in [0.25, 0.3) is 11.0 Å². The van der Waals surface area contributed by atoms with Gasteiger partial charge in [-0.1, -0.05) is 6.92 Å². The summed E-state index contributed by atoms with van der Waals surface area (Å²) in [6.07, 6.45) is 4.66. The maximum Gasteiger partial charge on any atom is 0.237 e. The van der Waals surface area contributed by atoms with Crippen LogP contribution < -0.4 is 5.43 Å². The van der Waals surface area contributed by atoms with Crippen molar-refractivity contribution in [2.24, 2.45) is 5.10 Å². The Bertz CT molecular complexity index is 682. The fourth-order valence-electron chi connectivity index (χ4n) is 1.76. The van der Waals surface area contributed by atoms with Crippen molar-refractivity contribution >= 4 is 22.4 Å². The van der Waals surface area contributed by atoms with Gasteiger partial charge < -0.3 is 4.57 Å². The second-order valence-electron chi connectivity index (χ2n) is 3.94. The van der Waals surface area contributed by atoms with Crippen LogP contribution in [-0.2, 0) is 6.54 Å². The first-order valence-electron chi connectivity index (χ1n) is 5.87. The van der Waals surface area contributed by atoms with E-state index in [1.807, 2.05) is 18.3 Å². The minimum Gasteiger partial charge on any atom is -0.333 e. The molecule has 2 aromatic heterocycles. The number of hydrogen-bond donors (Lipinski definition) is 1. The quantitative estimate of drug-likeness (QED) is 0.667. The summed E-state index contributed by atoms with van der Waals surface area (Å²) < 4.78 is 2.08. The van der Waals surface area contributed by atoms with Gasteiger partial charge in [-0.05, 0) is 18.6 Å². The number of pyridine rings is 1. The maximum absolute atomic E-state index is 8.58. The first-order valence-corrected chi connectivity index (χ1v) is 5.87. The van der Waals surface area contributed by atoms with Gasteiger partial charge in [0.1, 0.15) is 17.8 Å². The maximum atomic E-state index is 8.58. The monoisotopic (exact) mass is 252 g/mol. The number of nitrogens with one attached hydrogen (secondary N) is 1. The van der Waals surface area contributed by atoms with Crippen LogP contribution in [0.1, 0.15) is 13.3 Å². The number of nitriles is 2. The van der Waals surface area contributed by atoms with Gasteiger partial charge in [0.2, 0.25) is 5.71 Å². The predicted octanol–water partition coefficient (Wildman–Crippen LogP) is 2.26. The molecule has 0 atom stereocenters. The fraction of sp³-hybridized carbons (Fsp3) is 0.231. The van der Waals surface area contributed by atoms with Gasteiger partial charge in [0.25, 0.3) is 0 Å². The third kappa shape index (κ3) is 2.70. The van der Waals surface area contributed by atoms with Crippen LogP contribution >= 0.6 is 0 Å². The zero-order chi connectivity index (χ0) is 13.7. The second-order valence-corrected chi connectivity index (χ2v) is 3.94. The van der Waals surface area contributed by atoms with Crippen molar-refractivity contribution < 1.29 is 0 Å². The van der Waals surface area contributed by atoms with Crippen LogP contribution in [0.5, 0.6) is 0 Å². The molecule has 0 aliphatic rings. The molecule has 2 aromatic rings. The topological polar surface area (TPSA) is 89.8 Å². The number of hydrogen-bond acceptors (Lipinski definition) is 5. The summed E-state index contributed by atoms with van der Waals surface area (Å²) in [5, 5.41) is 21.8. The highest BCUT2D eigenvalue weighted by atomic mass is 15.3. The zero-order valence-electron chi connectivity index (χ0n) is 10.5. The molecule has 0 bridgehead atoms. The summed E-state index contributed by atoms with van der Waals surface area (Å²) in [6.45, 7) is 3.04. The smallest absolute Gasteiger partial charge is 0.237 e. The lowest BCUT2D eigenvalue weighted by Crippen LogP contribution is -1.98. The van der Waals surface area contributed by atoms with E-state index in [2.05, 4.69) is 27.0 Å². The molecule has 0 unspecified atom stereocenters. The van der Waals surface area contributed by atoms with Crippen LogP contribution in [-0.4, -0.2) is 15.3 Å². The molecule has 2 rings (SSSR count). The average molecular weight is 252 g/mol. The summed E-state index contributed by atoms with van der Waals surface area (Å²) in [4.78, 5) is 4.35. The van der Waals surface area contributed by atoms with Crippen molar-refractivity contribution in [1.82, 2.24) is 9.55 Å². The molecule has 1 N–H and O–H groups in total. The minimum absolute atomic E-state index is 0.219. The highest BCUT2D eigenvalue weighted by Gasteiger charge is 2.03. The average Bonchev–Trinajstić information content (AvgIpc) is 2.83. The fourth-order valence-corrected chi connectivity index (χ4v) is 1.76. The molecule has 6 nitrogen and oxygen atoms in total. The summed E-state index contributed by atoms with van der Waals surface area (Å²) in [7, 11) is 0. The van der Waals surface area contributed by atoms with Crippen LogP contribution in [0, 0.1) is 22.7 Å². The Morgan fingerprint density at radius 3 is 2.95 bits per heavy atom. The normalized spacial score (nSPS) is 9.63. The lowest BCUT2D eigenvalue weighted by atomic mass is 10.3. The molecule has 94 valence electrons. The number of fused-ring (bicyclic) bond motifs is 1. The minimum atomic E-state index is -0.219. The lowest BCUT2D eigenvalue weighted by molar-refractivity contribution is 0.697. The summed E-state index contributed by atoms with van der Waals surface area (Å²) in [5.74, 6) is 0. The van der Waals surface area contributed by atoms with E-state index in [0.717, 1.165) is 24.0 Å². The van der Waals surface area contributed by atoms with E-state index in [9.17, 15) is 0 Å². The molecule has 0 saturated heterocycles. The lowest BCUT2D eigenvalue weighted by Gasteiger charge is -2.03. The first-order chi connectivity index (χ1) is 9.28. The molecule has 0 aromatic carbocycles. The largest absolute Gasteiger partial charge is 0.333 e. The van der Waals surface area contributed by atoms with Gasteiger partial charge in [0.15, 0.2) is 0 Å². The van der Waals surface area contributed by atoms with E-state index in [0.29, 0.717) is 5.69 Å². The van der Waals surface area contributed by atoms with Crippen LogP contribution in [0.2, 0.25) is 0 Å².